The van der Waals surface area contributed by atoms with Crippen molar-refractivity contribution in [1.29, 1.82) is 0 Å². The molecule has 0 saturated carbocycles. The predicted octanol–water partition coefficient (Wildman–Crippen LogP) is 2.98. The molecular formula is C25H37N3O6S. The minimum Gasteiger partial charge on any atom is -0.467 e. The number of carbonyl (C=O) groups excluding carboxylic acids is 4. The smallest absolute Gasteiger partial charge is 0.408 e. The van der Waals surface area contributed by atoms with Crippen LogP contribution in [-0.2, 0) is 23.9 Å². The van der Waals surface area contributed by atoms with Gasteiger partial charge in [-0.3, -0.25) is 9.59 Å². The third-order valence-electron chi connectivity index (χ3n) is 5.68. The molecule has 1 heterocycles. The number of amides is 3. The SMILES string of the molecule is CC[C@H](C)[C@H](NC(=O)OC(C)(C)C)C(=O)NCC(=O)N1C[C@H](Sc2ccccc2)C[C@H]1C(=O)OC. The highest BCUT2D eigenvalue weighted by Crippen LogP contribution is 2.33. The summed E-state index contributed by atoms with van der Waals surface area (Å²) in [5.41, 5.74) is -0.705. The molecule has 0 spiro atoms. The van der Waals surface area contributed by atoms with Crippen molar-refractivity contribution in [3.05, 3.63) is 30.3 Å². The lowest BCUT2D eigenvalue weighted by Crippen LogP contribution is -2.53. The van der Waals surface area contributed by atoms with E-state index in [0.717, 1.165) is 4.90 Å². The van der Waals surface area contributed by atoms with Gasteiger partial charge in [-0.2, -0.15) is 0 Å². The Balaban J connectivity index is 2.02. The molecule has 10 heteroatoms. The minimum atomic E-state index is -0.862. The van der Waals surface area contributed by atoms with Crippen molar-refractivity contribution in [3.63, 3.8) is 0 Å². The molecule has 1 aromatic carbocycles. The zero-order valence-corrected chi connectivity index (χ0v) is 22.1. The summed E-state index contributed by atoms with van der Waals surface area (Å²) < 4.78 is 10.2. The molecule has 2 rings (SSSR count). The molecule has 0 aliphatic carbocycles. The summed E-state index contributed by atoms with van der Waals surface area (Å²) in [5.74, 6) is -1.53. The molecule has 0 bridgehead atoms. The number of thioether (sulfide) groups is 1. The number of likely N-dealkylation sites (tertiary alicyclic amines) is 1. The average molecular weight is 508 g/mol. The molecule has 2 N–H and O–H groups in total. The molecule has 0 unspecified atom stereocenters. The van der Waals surface area contributed by atoms with Gasteiger partial charge in [-0.25, -0.2) is 9.59 Å². The van der Waals surface area contributed by atoms with Gasteiger partial charge >= 0.3 is 12.1 Å². The van der Waals surface area contributed by atoms with Gasteiger partial charge in [-0.05, 0) is 45.2 Å². The maximum atomic E-state index is 13.0. The van der Waals surface area contributed by atoms with Crippen molar-refractivity contribution in [2.45, 2.75) is 75.3 Å². The number of hydrogen-bond donors (Lipinski definition) is 2. The number of methoxy groups -OCH3 is 1. The van der Waals surface area contributed by atoms with Gasteiger partial charge in [0.15, 0.2) is 0 Å². The minimum absolute atomic E-state index is 0.0165. The van der Waals surface area contributed by atoms with Gasteiger partial charge in [0.25, 0.3) is 0 Å². The van der Waals surface area contributed by atoms with E-state index in [1.54, 1.807) is 32.5 Å². The van der Waals surface area contributed by atoms with Crippen molar-refractivity contribution >= 4 is 35.6 Å². The normalized spacial score (nSPS) is 19.4. The Labute approximate surface area is 211 Å². The van der Waals surface area contributed by atoms with Crippen LogP contribution in [0.4, 0.5) is 4.79 Å². The van der Waals surface area contributed by atoms with Gasteiger partial charge in [0, 0.05) is 16.7 Å². The fraction of sp³-hybridized carbons (Fsp3) is 0.600. The van der Waals surface area contributed by atoms with Crippen molar-refractivity contribution in [3.8, 4) is 0 Å². The molecule has 0 radical (unpaired) electrons. The van der Waals surface area contributed by atoms with Crippen LogP contribution in [-0.4, -0.2) is 71.9 Å². The van der Waals surface area contributed by atoms with Crippen molar-refractivity contribution in [1.82, 2.24) is 15.5 Å². The first-order chi connectivity index (χ1) is 16.4. The van der Waals surface area contributed by atoms with Crippen molar-refractivity contribution in [2.24, 2.45) is 5.92 Å². The lowest BCUT2D eigenvalue weighted by molar-refractivity contribution is -0.150. The third kappa shape index (κ3) is 8.76. The number of carbonyl (C=O) groups is 4. The van der Waals surface area contributed by atoms with Gasteiger partial charge in [-0.1, -0.05) is 38.5 Å². The van der Waals surface area contributed by atoms with E-state index < -0.39 is 35.7 Å². The van der Waals surface area contributed by atoms with Crippen molar-refractivity contribution < 1.29 is 28.7 Å². The highest BCUT2D eigenvalue weighted by molar-refractivity contribution is 8.00. The molecule has 1 aromatic rings. The molecule has 0 aromatic heterocycles. The summed E-state index contributed by atoms with van der Waals surface area (Å²) >= 11 is 1.60. The first-order valence-corrected chi connectivity index (χ1v) is 12.7. The largest absolute Gasteiger partial charge is 0.467 e. The fourth-order valence-electron chi connectivity index (χ4n) is 3.72. The van der Waals surface area contributed by atoms with Crippen LogP contribution < -0.4 is 10.6 Å². The molecule has 1 fully saturated rings. The van der Waals surface area contributed by atoms with Crippen LogP contribution in [0.5, 0.6) is 0 Å². The van der Waals surface area contributed by atoms with Crippen molar-refractivity contribution in [2.75, 3.05) is 20.2 Å². The Bertz CT molecular complexity index is 889. The Morgan fingerprint density at radius 3 is 2.40 bits per heavy atom. The molecule has 194 valence electrons. The highest BCUT2D eigenvalue weighted by Gasteiger charge is 2.41. The molecule has 35 heavy (non-hydrogen) atoms. The molecule has 3 amide bonds. The molecular weight excluding hydrogens is 470 g/mol. The highest BCUT2D eigenvalue weighted by atomic mass is 32.2. The Kier molecular flexibility index (Phi) is 10.4. The maximum Gasteiger partial charge on any atom is 0.408 e. The first-order valence-electron chi connectivity index (χ1n) is 11.8. The quantitative estimate of drug-likeness (QED) is 0.494. The van der Waals surface area contributed by atoms with Crippen LogP contribution in [0.3, 0.4) is 0 Å². The number of alkyl carbamates (subject to hydrolysis) is 1. The second-order valence-corrected chi connectivity index (χ2v) is 11.0. The third-order valence-corrected chi connectivity index (χ3v) is 6.90. The topological polar surface area (TPSA) is 114 Å². The lowest BCUT2D eigenvalue weighted by atomic mass is 9.98. The number of esters is 1. The van der Waals surface area contributed by atoms with Crippen LogP contribution in [0, 0.1) is 5.92 Å². The van der Waals surface area contributed by atoms with E-state index in [1.807, 2.05) is 44.2 Å². The average Bonchev–Trinajstić information content (AvgIpc) is 3.23. The summed E-state index contributed by atoms with van der Waals surface area (Å²) in [6.45, 7) is 9.02. The van der Waals surface area contributed by atoms with Gasteiger partial charge in [0.2, 0.25) is 11.8 Å². The monoisotopic (exact) mass is 507 g/mol. The summed E-state index contributed by atoms with van der Waals surface area (Å²) in [6.07, 6.45) is 0.397. The molecule has 1 aliphatic rings. The first kappa shape index (κ1) is 28.5. The Morgan fingerprint density at radius 2 is 1.83 bits per heavy atom. The molecule has 1 saturated heterocycles. The zero-order valence-electron chi connectivity index (χ0n) is 21.3. The lowest BCUT2D eigenvalue weighted by Gasteiger charge is -2.27. The Morgan fingerprint density at radius 1 is 1.17 bits per heavy atom. The van der Waals surface area contributed by atoms with Crippen LogP contribution in [0.15, 0.2) is 35.2 Å². The number of rotatable bonds is 9. The van der Waals surface area contributed by atoms with Crippen LogP contribution in [0.1, 0.15) is 47.5 Å². The second-order valence-electron chi connectivity index (χ2n) is 9.60. The second kappa shape index (κ2) is 12.8. The van der Waals surface area contributed by atoms with Gasteiger partial charge in [-0.15, -0.1) is 11.8 Å². The maximum absolute atomic E-state index is 13.0. The van der Waals surface area contributed by atoms with Crippen LogP contribution in [0.25, 0.3) is 0 Å². The summed E-state index contributed by atoms with van der Waals surface area (Å²) in [6, 6.07) is 8.19. The number of nitrogens with zero attached hydrogens (tertiary/aromatic N) is 1. The fourth-order valence-corrected chi connectivity index (χ4v) is 4.93. The molecule has 4 atom stereocenters. The standard InChI is InChI=1S/C25H37N3O6S/c1-7-16(2)21(27-24(32)34-25(3,4)5)22(30)26-14-20(29)28-15-18(13-19(28)23(31)33-6)35-17-11-9-8-10-12-17/h8-12,16,18-19,21H,7,13-15H2,1-6H3,(H,26,30)(H,27,32)/t16-,18+,19-,21-/m0/s1. The zero-order chi connectivity index (χ0) is 26.2. The van der Waals surface area contributed by atoms with Gasteiger partial charge in [0.1, 0.15) is 17.7 Å². The summed E-state index contributed by atoms with van der Waals surface area (Å²) in [4.78, 5) is 53.0. The van der Waals surface area contributed by atoms with Crippen LogP contribution >= 0.6 is 11.8 Å². The van der Waals surface area contributed by atoms with E-state index in [0.29, 0.717) is 19.4 Å². The van der Waals surface area contributed by atoms with Crippen LogP contribution in [0.2, 0.25) is 0 Å². The number of hydrogen-bond acceptors (Lipinski definition) is 7. The van der Waals surface area contributed by atoms with E-state index >= 15 is 0 Å². The summed E-state index contributed by atoms with van der Waals surface area (Å²) in [5, 5.41) is 5.25. The predicted molar refractivity (Wildman–Crippen MR) is 134 cm³/mol. The van der Waals surface area contributed by atoms with Gasteiger partial charge in [0.05, 0.1) is 13.7 Å². The van der Waals surface area contributed by atoms with E-state index in [2.05, 4.69) is 10.6 Å². The van der Waals surface area contributed by atoms with Gasteiger partial charge < -0.3 is 25.0 Å². The van der Waals surface area contributed by atoms with E-state index in [1.165, 1.54) is 12.0 Å². The molecule has 9 nitrogen and oxygen atoms in total. The number of benzene rings is 1. The molecule has 1 aliphatic heterocycles. The Hall–Kier alpha value is -2.75. The number of ether oxygens (including phenoxy) is 2. The number of nitrogens with one attached hydrogen (secondary N) is 2. The van der Waals surface area contributed by atoms with E-state index in [4.69, 9.17) is 9.47 Å². The van der Waals surface area contributed by atoms with E-state index in [-0.39, 0.29) is 23.6 Å². The van der Waals surface area contributed by atoms with E-state index in [9.17, 15) is 19.2 Å². The summed E-state index contributed by atoms with van der Waals surface area (Å²) in [7, 11) is 1.30.